The van der Waals surface area contributed by atoms with Crippen molar-refractivity contribution in [3.8, 4) is 56.2 Å². The van der Waals surface area contributed by atoms with Crippen molar-refractivity contribution in [2.24, 2.45) is 52.3 Å². The average Bonchev–Trinajstić information content (AvgIpc) is 1.55. The Balaban J connectivity index is 0.600. The number of imidazole rings is 3. The van der Waals surface area contributed by atoms with Gasteiger partial charge in [-0.3, -0.25) is 29.3 Å². The quantitative estimate of drug-likeness (QED) is 0.0237. The molecule has 5 aromatic heterocycles. The standard InChI is InChI=1S/C87H98IN16O11/c1-47(111-3)77(101-86(109)114-6)84(107)103-30-10-13-71(103)79-92-45-70(98-79)57-26-27-65(91-42-57)53-22-24-56(25-23-53)69-44-94-81(100-69)75-63-34-59(74(75)82(105)95-40-49-11-8-28-89-38-49)32-61(63)62-31-58-33-64(62)76(83(106)96-41-50-12-9-29-90-39-50)73(58)80-93-43-68(99-80)55-20-16-52(17-21-55)51-14-18-54(19-15-51)66-36-88-37-67(97-66)72-35-60(113-5)46-104(72)85(108)78(48(2)112-4)102-87(110)115-7/h9,12,14-29,36-39,42-45,47-48,58-64,71-78,97H,8,10-11,13,30-35,40-41,46H2,1-7H3,(H,92,98)(H,93,99)(H,94,100)(H,95,105)(H,96,106)(H,101,109)(H,102,110)/q-1/t47-,48-,58?,59?,60+,61?,62?,63?,64?,71+,72+,73?,74?,75?,76?,77+,78+/m1/s1. The summed E-state index contributed by atoms with van der Waals surface area (Å²) in [6.07, 6.45) is 19.4. The number of aromatic nitrogens is 8. The third-order valence-corrected chi connectivity index (χ3v) is 27.5. The van der Waals surface area contributed by atoms with E-state index in [4.69, 9.17) is 43.6 Å². The molecule has 9 heterocycles. The molecule has 6 fully saturated rings. The van der Waals surface area contributed by atoms with Crippen molar-refractivity contribution in [3.63, 3.8) is 0 Å². The van der Waals surface area contributed by atoms with Gasteiger partial charge in [0.15, 0.2) is 0 Å². The zero-order valence-corrected chi connectivity index (χ0v) is 67.6. The number of alkyl carbamates (subject to hydrolysis) is 2. The summed E-state index contributed by atoms with van der Waals surface area (Å²) >= 11 is -0.496. The maximum atomic E-state index is 15.2. The molecule has 6 amide bonds. The van der Waals surface area contributed by atoms with Crippen LogP contribution in [-0.4, -0.2) is 183 Å². The van der Waals surface area contributed by atoms with E-state index in [1.807, 2.05) is 55.3 Å². The van der Waals surface area contributed by atoms with Gasteiger partial charge in [-0.05, 0) is 129 Å². The van der Waals surface area contributed by atoms with Crippen LogP contribution in [0, 0.1) is 47.3 Å². The SMILES string of the molecule is COC(=O)N[C@H](C(=O)N1C[C@@H](OC)C[C@H]1C1=C[I-]C=C(c2ccc(-c3ccc(-c4cnc(C5C6CC(C7CC8CC7C(c7ncc(-c9ccc(-c%10ccc(-c%11cnc([C@@H]%12CCCN%12C(=O)[C@@H](NC(=O)OC)[C@@H](C)OC)[nH]%11)cn%10)cc9)[nH]7)C8C(=O)NCC7=CN=CCC7)C(C6)C5C(=O)NCc5cccnc5)[nH]4)cc3)cc2)N1)[C@@H](C)OC. The summed E-state index contributed by atoms with van der Waals surface area (Å²) in [5, 5.41) is 15.7. The van der Waals surface area contributed by atoms with Crippen LogP contribution in [0.4, 0.5) is 9.59 Å². The first-order chi connectivity index (χ1) is 56.0. The number of hydrogen-bond donors (Lipinski definition) is 8. The molecule has 17 atom stereocenters. The van der Waals surface area contributed by atoms with Crippen LogP contribution in [0.5, 0.6) is 0 Å². The Morgan fingerprint density at radius 3 is 1.76 bits per heavy atom. The van der Waals surface area contributed by atoms with Crippen LogP contribution in [0.25, 0.3) is 61.9 Å². The Kier molecular flexibility index (Phi) is 23.4. The molecule has 28 heteroatoms. The van der Waals surface area contributed by atoms with Gasteiger partial charge < -0.3 is 40.3 Å². The molecule has 115 heavy (non-hydrogen) atoms. The number of nitrogens with zero attached hydrogens (tertiary/aromatic N) is 8. The fourth-order valence-corrected chi connectivity index (χ4v) is 21.6. The molecular formula is C87H98IN16O11-. The van der Waals surface area contributed by atoms with Crippen molar-refractivity contribution in [3.05, 3.63) is 188 Å². The number of ether oxygens (including phenoxy) is 5. The van der Waals surface area contributed by atoms with Crippen LogP contribution in [-0.2, 0) is 49.4 Å². The van der Waals surface area contributed by atoms with Crippen LogP contribution in [0.1, 0.15) is 118 Å². The van der Waals surface area contributed by atoms with E-state index in [0.29, 0.717) is 44.8 Å². The third kappa shape index (κ3) is 16.1. The number of H-pyrrole nitrogens is 3. The Bertz CT molecular complexity index is 4990. The fraction of sp³-hybridized carbons (Fsp3) is 0.425. The van der Waals surface area contributed by atoms with Crippen molar-refractivity contribution in [1.29, 1.82) is 0 Å². The number of likely N-dealkylation sites (tertiary alicyclic amines) is 2. The topological polar surface area (TPSA) is 339 Å². The van der Waals surface area contributed by atoms with Gasteiger partial charge in [-0.1, -0.05) is 30.3 Å². The van der Waals surface area contributed by atoms with Crippen molar-refractivity contribution < 1.29 is 73.7 Å². The zero-order chi connectivity index (χ0) is 79.5. The first kappa shape index (κ1) is 78.2. The number of carbonyl (C=O) groups excluding carboxylic acids is 6. The van der Waals surface area contributed by atoms with Crippen LogP contribution >= 0.6 is 0 Å². The summed E-state index contributed by atoms with van der Waals surface area (Å²) < 4.78 is 30.9. The monoisotopic (exact) mass is 1670 g/mol. The number of methoxy groups -OCH3 is 5. The predicted molar refractivity (Wildman–Crippen MR) is 426 cm³/mol. The molecule has 4 bridgehead atoms. The van der Waals surface area contributed by atoms with Gasteiger partial charge in [-0.15, -0.1) is 0 Å². The van der Waals surface area contributed by atoms with E-state index in [1.54, 1.807) is 49.3 Å². The molecule has 4 aliphatic carbocycles. The third-order valence-electron chi connectivity index (χ3n) is 25.5. The van der Waals surface area contributed by atoms with Crippen LogP contribution < -0.4 is 47.8 Å². The molecule has 8 N–H and O–H groups in total. The Labute approximate surface area is 678 Å². The average molecular weight is 1670 g/mol. The van der Waals surface area contributed by atoms with Gasteiger partial charge in [0.05, 0.1) is 60.6 Å². The van der Waals surface area contributed by atoms with Crippen molar-refractivity contribution in [2.75, 3.05) is 55.2 Å². The number of pyridine rings is 2. The second kappa shape index (κ2) is 34.4. The van der Waals surface area contributed by atoms with Crippen LogP contribution in [0.15, 0.2) is 165 Å². The van der Waals surface area contributed by atoms with Gasteiger partial charge in [-0.2, -0.15) is 0 Å². The molecule has 0 radical (unpaired) electrons. The second-order valence-corrected chi connectivity index (χ2v) is 33.6. The molecule has 8 aliphatic rings. The molecule has 4 saturated carbocycles. The van der Waals surface area contributed by atoms with Gasteiger partial charge >= 0.3 is 251 Å². The molecule has 27 nitrogen and oxygen atoms in total. The van der Waals surface area contributed by atoms with E-state index in [1.165, 1.54) is 28.4 Å². The van der Waals surface area contributed by atoms with Gasteiger partial charge in [-0.25, -0.2) is 19.7 Å². The van der Waals surface area contributed by atoms with E-state index in [9.17, 15) is 24.0 Å². The Morgan fingerprint density at radius 1 is 0.557 bits per heavy atom. The molecule has 4 aliphatic heterocycles. The number of aliphatic imine (C=N–C) groups is 1. The normalized spacial score (nSPS) is 25.7. The number of hydrogen-bond acceptors (Lipinski definition) is 18. The van der Waals surface area contributed by atoms with Crippen molar-refractivity contribution in [2.45, 2.75) is 132 Å². The summed E-state index contributed by atoms with van der Waals surface area (Å²) in [4.78, 5) is 126. The van der Waals surface area contributed by atoms with E-state index in [0.717, 1.165) is 141 Å². The van der Waals surface area contributed by atoms with Crippen molar-refractivity contribution in [1.82, 2.24) is 76.3 Å². The summed E-state index contributed by atoms with van der Waals surface area (Å²) in [7, 11) is 7.19. The Morgan fingerprint density at radius 2 is 1.13 bits per heavy atom. The molecule has 8 aromatic rings. The van der Waals surface area contributed by atoms with E-state index in [-0.39, 0.29) is 101 Å². The fourth-order valence-electron chi connectivity index (χ4n) is 19.5. The van der Waals surface area contributed by atoms with Crippen LogP contribution in [0.2, 0.25) is 0 Å². The summed E-state index contributed by atoms with van der Waals surface area (Å²) in [6.45, 7) is 5.17. The minimum atomic E-state index is -0.955. The number of fused-ring (bicyclic) bond motifs is 4. The molecule has 16 rings (SSSR count). The van der Waals surface area contributed by atoms with Gasteiger partial charge in [0, 0.05) is 80.7 Å². The first-order valence-corrected chi connectivity index (χ1v) is 42.3. The summed E-state index contributed by atoms with van der Waals surface area (Å²) in [5.41, 5.74) is 14.1. The van der Waals surface area contributed by atoms with E-state index < -0.39 is 57.7 Å². The molecule has 10 unspecified atom stereocenters. The number of amides is 6. The number of aromatic amines is 3. The van der Waals surface area contributed by atoms with Crippen LogP contribution in [0.3, 0.4) is 0 Å². The predicted octanol–water partition coefficient (Wildman–Crippen LogP) is 8.20. The molecule has 3 aromatic carbocycles. The number of nitrogens with one attached hydrogen (secondary N) is 8. The number of benzene rings is 3. The van der Waals surface area contributed by atoms with Gasteiger partial charge in [0.2, 0.25) is 17.7 Å². The number of rotatable bonds is 26. The summed E-state index contributed by atoms with van der Waals surface area (Å²) in [6, 6.07) is 30.6. The number of halogens is 1. The van der Waals surface area contributed by atoms with Crippen molar-refractivity contribution >= 4 is 47.7 Å². The number of carbonyl (C=O) groups is 6. The zero-order valence-electron chi connectivity index (χ0n) is 65.5. The molecule has 2 saturated heterocycles. The van der Waals surface area contributed by atoms with Gasteiger partial charge in [0.25, 0.3) is 0 Å². The summed E-state index contributed by atoms with van der Waals surface area (Å²) in [5.74, 6) is 2.01. The molecular weight excluding hydrogens is 1570 g/mol. The second-order valence-electron chi connectivity index (χ2n) is 31.6. The first-order valence-electron chi connectivity index (χ1n) is 39.8. The Hall–Kier alpha value is -10.7. The maximum absolute atomic E-state index is 15.2. The minimum absolute atomic E-state index is 0.0268. The molecule has 0 spiro atoms. The van der Waals surface area contributed by atoms with E-state index in [2.05, 4.69) is 132 Å². The molecule has 600 valence electrons. The van der Waals surface area contributed by atoms with E-state index >= 15 is 4.79 Å². The van der Waals surface area contributed by atoms with Gasteiger partial charge in [0.1, 0.15) is 23.5 Å².